The molecule has 0 radical (unpaired) electrons. The van der Waals surface area contributed by atoms with Gasteiger partial charge in [0.2, 0.25) is 5.91 Å². The van der Waals surface area contributed by atoms with Crippen molar-refractivity contribution in [3.05, 3.63) is 59.7 Å². The van der Waals surface area contributed by atoms with Gasteiger partial charge in [0.15, 0.2) is 0 Å². The third kappa shape index (κ3) is 3.90. The van der Waals surface area contributed by atoms with Crippen LogP contribution in [0.15, 0.2) is 53.4 Å². The Morgan fingerprint density at radius 1 is 1.12 bits per heavy atom. The van der Waals surface area contributed by atoms with Crippen LogP contribution in [0.1, 0.15) is 30.9 Å². The fourth-order valence-electron chi connectivity index (χ4n) is 3.25. The third-order valence-electron chi connectivity index (χ3n) is 4.59. The predicted octanol–water partition coefficient (Wildman–Crippen LogP) is 2.90. The highest BCUT2D eigenvalue weighted by atomic mass is 32.2. The lowest BCUT2D eigenvalue weighted by atomic mass is 10.0. The van der Waals surface area contributed by atoms with Gasteiger partial charge in [-0.15, -0.1) is 0 Å². The molecule has 0 spiro atoms. The minimum Gasteiger partial charge on any atom is -0.356 e. The second-order valence-electron chi connectivity index (χ2n) is 6.41. The molecule has 0 unspecified atom stereocenters. The summed E-state index contributed by atoms with van der Waals surface area (Å²) in [4.78, 5) is 11.8. The SMILES string of the molecule is CCNC(=O)CCc1ccc(S(=O)(=O)N2CCCc3ccccc32)cc1. The van der Waals surface area contributed by atoms with Gasteiger partial charge in [0, 0.05) is 19.5 Å². The van der Waals surface area contributed by atoms with E-state index in [2.05, 4.69) is 5.32 Å². The molecule has 1 aliphatic rings. The van der Waals surface area contributed by atoms with Crippen molar-refractivity contribution in [1.82, 2.24) is 5.32 Å². The molecule has 0 saturated heterocycles. The second kappa shape index (κ2) is 7.91. The summed E-state index contributed by atoms with van der Waals surface area (Å²) in [7, 11) is -3.58. The summed E-state index contributed by atoms with van der Waals surface area (Å²) >= 11 is 0. The van der Waals surface area contributed by atoms with Crippen LogP contribution >= 0.6 is 0 Å². The van der Waals surface area contributed by atoms with Crippen molar-refractivity contribution in [3.8, 4) is 0 Å². The Morgan fingerprint density at radius 2 is 1.85 bits per heavy atom. The topological polar surface area (TPSA) is 66.5 Å². The van der Waals surface area contributed by atoms with Gasteiger partial charge in [-0.25, -0.2) is 8.42 Å². The zero-order valence-corrected chi connectivity index (χ0v) is 15.8. The van der Waals surface area contributed by atoms with Crippen LogP contribution in [0.3, 0.4) is 0 Å². The third-order valence-corrected chi connectivity index (χ3v) is 6.42. The Balaban J connectivity index is 1.77. The summed E-state index contributed by atoms with van der Waals surface area (Å²) < 4.78 is 27.7. The molecule has 2 aromatic carbocycles. The molecule has 0 fully saturated rings. The van der Waals surface area contributed by atoms with Crippen molar-refractivity contribution >= 4 is 21.6 Å². The molecule has 0 bridgehead atoms. The van der Waals surface area contributed by atoms with E-state index in [-0.39, 0.29) is 10.8 Å². The Hall–Kier alpha value is -2.34. The lowest BCUT2D eigenvalue weighted by Gasteiger charge is -2.30. The molecular formula is C20H24N2O3S. The van der Waals surface area contributed by atoms with Gasteiger partial charge in [-0.05, 0) is 55.5 Å². The van der Waals surface area contributed by atoms with Crippen molar-refractivity contribution in [2.24, 2.45) is 0 Å². The molecule has 5 nitrogen and oxygen atoms in total. The molecule has 1 N–H and O–H groups in total. The van der Waals surface area contributed by atoms with Gasteiger partial charge in [0.1, 0.15) is 0 Å². The number of hydrogen-bond donors (Lipinski definition) is 1. The van der Waals surface area contributed by atoms with Crippen molar-refractivity contribution in [2.45, 2.75) is 37.5 Å². The van der Waals surface area contributed by atoms with Gasteiger partial charge < -0.3 is 5.32 Å². The highest BCUT2D eigenvalue weighted by Crippen LogP contribution is 2.31. The number of nitrogens with zero attached hydrogens (tertiary/aromatic N) is 1. The monoisotopic (exact) mass is 372 g/mol. The van der Waals surface area contributed by atoms with Crippen LogP contribution in [0, 0.1) is 0 Å². The molecule has 2 aromatic rings. The number of nitrogens with one attached hydrogen (secondary N) is 1. The average molecular weight is 372 g/mol. The van der Waals surface area contributed by atoms with Crippen molar-refractivity contribution in [2.75, 3.05) is 17.4 Å². The second-order valence-corrected chi connectivity index (χ2v) is 8.27. The molecule has 6 heteroatoms. The van der Waals surface area contributed by atoms with E-state index in [9.17, 15) is 13.2 Å². The lowest BCUT2D eigenvalue weighted by Crippen LogP contribution is -2.35. The van der Waals surface area contributed by atoms with E-state index >= 15 is 0 Å². The van der Waals surface area contributed by atoms with Crippen molar-refractivity contribution in [1.29, 1.82) is 0 Å². The molecule has 1 heterocycles. The van der Waals surface area contributed by atoms with Gasteiger partial charge in [-0.3, -0.25) is 9.10 Å². The molecule has 3 rings (SSSR count). The first-order valence-corrected chi connectivity index (χ1v) is 10.4. The van der Waals surface area contributed by atoms with E-state index in [1.165, 1.54) is 4.31 Å². The maximum absolute atomic E-state index is 13.1. The van der Waals surface area contributed by atoms with Crippen molar-refractivity contribution < 1.29 is 13.2 Å². The summed E-state index contributed by atoms with van der Waals surface area (Å²) in [5, 5.41) is 2.76. The Labute approximate surface area is 155 Å². The number of anilines is 1. The fourth-order valence-corrected chi connectivity index (χ4v) is 4.79. The average Bonchev–Trinajstić information content (AvgIpc) is 2.66. The summed E-state index contributed by atoms with van der Waals surface area (Å²) in [5.74, 6) is 0.00845. The number of hydrogen-bond acceptors (Lipinski definition) is 3. The zero-order chi connectivity index (χ0) is 18.6. The van der Waals surface area contributed by atoms with E-state index in [0.717, 1.165) is 29.7 Å². The summed E-state index contributed by atoms with van der Waals surface area (Å²) in [6.07, 6.45) is 2.72. The molecule has 0 saturated carbocycles. The molecule has 0 aliphatic carbocycles. The number of carbonyl (C=O) groups is 1. The van der Waals surface area contributed by atoms with Crippen LogP contribution in [0.2, 0.25) is 0 Å². The zero-order valence-electron chi connectivity index (χ0n) is 14.9. The number of carbonyl (C=O) groups excluding carboxylic acids is 1. The summed E-state index contributed by atoms with van der Waals surface area (Å²) in [5.41, 5.74) is 2.80. The number of benzene rings is 2. The van der Waals surface area contributed by atoms with E-state index in [0.29, 0.717) is 25.9 Å². The smallest absolute Gasteiger partial charge is 0.264 e. The Morgan fingerprint density at radius 3 is 2.58 bits per heavy atom. The van der Waals surface area contributed by atoms with Crippen LogP contribution in [-0.2, 0) is 27.7 Å². The highest BCUT2D eigenvalue weighted by molar-refractivity contribution is 7.92. The van der Waals surface area contributed by atoms with Crippen LogP contribution in [0.5, 0.6) is 0 Å². The maximum Gasteiger partial charge on any atom is 0.264 e. The van der Waals surface area contributed by atoms with Crippen LogP contribution in [0.25, 0.3) is 0 Å². The van der Waals surface area contributed by atoms with Gasteiger partial charge in [0.05, 0.1) is 10.6 Å². The molecule has 26 heavy (non-hydrogen) atoms. The number of rotatable bonds is 6. The maximum atomic E-state index is 13.1. The number of amides is 1. The van der Waals surface area contributed by atoms with Gasteiger partial charge in [0.25, 0.3) is 10.0 Å². The molecule has 1 aliphatic heterocycles. The van der Waals surface area contributed by atoms with Gasteiger partial charge in [-0.1, -0.05) is 30.3 Å². The Bertz CT molecular complexity index is 876. The van der Waals surface area contributed by atoms with E-state index < -0.39 is 10.0 Å². The predicted molar refractivity (Wildman–Crippen MR) is 103 cm³/mol. The minimum absolute atomic E-state index is 0.00845. The number of sulfonamides is 1. The largest absolute Gasteiger partial charge is 0.356 e. The first-order valence-electron chi connectivity index (χ1n) is 8.98. The first kappa shape index (κ1) is 18.5. The molecule has 0 aromatic heterocycles. The van der Waals surface area contributed by atoms with E-state index in [4.69, 9.17) is 0 Å². The minimum atomic E-state index is -3.58. The van der Waals surface area contributed by atoms with E-state index in [1.54, 1.807) is 24.3 Å². The van der Waals surface area contributed by atoms with Crippen LogP contribution in [0.4, 0.5) is 5.69 Å². The van der Waals surface area contributed by atoms with Crippen LogP contribution < -0.4 is 9.62 Å². The summed E-state index contributed by atoms with van der Waals surface area (Å²) in [6, 6.07) is 14.5. The quantitative estimate of drug-likeness (QED) is 0.848. The first-order chi connectivity index (χ1) is 12.5. The molecular weight excluding hydrogens is 348 g/mol. The fraction of sp³-hybridized carbons (Fsp3) is 0.350. The Kier molecular flexibility index (Phi) is 5.61. The van der Waals surface area contributed by atoms with Crippen LogP contribution in [-0.4, -0.2) is 27.4 Å². The number of para-hydroxylation sites is 1. The number of fused-ring (bicyclic) bond motifs is 1. The standard InChI is InChI=1S/C20H24N2O3S/c1-2-21-20(23)14-11-16-9-12-18(13-10-16)26(24,25)22-15-5-7-17-6-3-4-8-19(17)22/h3-4,6,8-10,12-13H,2,5,7,11,14-15H2,1H3,(H,21,23). The molecule has 1 amide bonds. The normalized spacial score (nSPS) is 14.0. The van der Waals surface area contributed by atoms with E-state index in [1.807, 2.05) is 31.2 Å². The molecule has 0 atom stereocenters. The van der Waals surface area contributed by atoms with Gasteiger partial charge >= 0.3 is 0 Å². The molecule has 138 valence electrons. The van der Waals surface area contributed by atoms with Crippen molar-refractivity contribution in [3.63, 3.8) is 0 Å². The highest BCUT2D eigenvalue weighted by Gasteiger charge is 2.28. The summed E-state index contributed by atoms with van der Waals surface area (Å²) in [6.45, 7) is 3.00. The lowest BCUT2D eigenvalue weighted by molar-refractivity contribution is -0.120. The number of aryl methyl sites for hydroxylation is 2. The van der Waals surface area contributed by atoms with Gasteiger partial charge in [-0.2, -0.15) is 0 Å².